The molecule has 4 rings (SSSR count). The zero-order valence-corrected chi connectivity index (χ0v) is 17.4. The quantitative estimate of drug-likeness (QED) is 0.597. The maximum Gasteiger partial charge on any atom is 0.336 e. The largest absolute Gasteiger partial charge is 0.479 e. The second kappa shape index (κ2) is 5.76. The molecule has 0 bridgehead atoms. The molecule has 0 aliphatic heterocycles. The summed E-state index contributed by atoms with van der Waals surface area (Å²) in [6.07, 6.45) is -0.901. The molecule has 5 nitrogen and oxygen atoms in total. The second-order valence-corrected chi connectivity index (χ2v) is 10.3. The van der Waals surface area contributed by atoms with E-state index in [0.717, 1.165) is 12.2 Å². The van der Waals surface area contributed by atoms with Crippen LogP contribution in [0.25, 0.3) is 0 Å². The molecule has 0 spiro atoms. The minimum atomic E-state index is -2.53. The summed E-state index contributed by atoms with van der Waals surface area (Å²) in [6.45, 7) is 5.53. The average molecular weight is 428 g/mol. The topological polar surface area (TPSA) is 94.8 Å². The van der Waals surface area contributed by atoms with Gasteiger partial charge in [-0.15, -0.1) is 0 Å². The van der Waals surface area contributed by atoms with Gasteiger partial charge in [0, 0.05) is 11.3 Å². The second-order valence-electron chi connectivity index (χ2n) is 10.3. The van der Waals surface area contributed by atoms with Crippen molar-refractivity contribution in [2.75, 3.05) is 0 Å². The highest BCUT2D eigenvalue weighted by Gasteiger charge is 2.78. The number of aliphatic hydroxyl groups excluding tert-OH is 1. The predicted octanol–water partition coefficient (Wildman–Crippen LogP) is 3.05. The van der Waals surface area contributed by atoms with Gasteiger partial charge in [-0.1, -0.05) is 13.8 Å². The van der Waals surface area contributed by atoms with E-state index in [1.165, 1.54) is 20.8 Å². The molecular formula is C22H27F3O5. The number of fused-ring (bicyclic) bond motifs is 5. The Morgan fingerprint density at radius 2 is 1.77 bits per heavy atom. The Hall–Kier alpha value is -1.67. The van der Waals surface area contributed by atoms with Crippen LogP contribution in [0.15, 0.2) is 23.6 Å². The van der Waals surface area contributed by atoms with Crippen molar-refractivity contribution in [3.05, 3.63) is 23.6 Å². The number of carboxylic acid groups (broad SMARTS) is 1. The summed E-state index contributed by atoms with van der Waals surface area (Å²) < 4.78 is 47.1. The first-order valence-corrected chi connectivity index (χ1v) is 10.2. The number of hydrogen-bond donors (Lipinski definition) is 3. The van der Waals surface area contributed by atoms with Gasteiger partial charge >= 0.3 is 5.97 Å². The van der Waals surface area contributed by atoms with E-state index in [9.17, 15) is 29.3 Å². The number of rotatable bonds is 1. The van der Waals surface area contributed by atoms with E-state index in [4.69, 9.17) is 0 Å². The molecule has 0 saturated heterocycles. The summed E-state index contributed by atoms with van der Waals surface area (Å²) in [4.78, 5) is 23.9. The lowest BCUT2D eigenvalue weighted by atomic mass is 9.43. The molecule has 0 aromatic heterocycles. The van der Waals surface area contributed by atoms with Gasteiger partial charge in [-0.3, -0.25) is 4.79 Å². The number of carbonyl (C=O) groups is 2. The van der Waals surface area contributed by atoms with Crippen LogP contribution in [0.2, 0.25) is 0 Å². The molecule has 3 N–H and O–H groups in total. The van der Waals surface area contributed by atoms with Crippen LogP contribution in [0.5, 0.6) is 0 Å². The van der Waals surface area contributed by atoms with Crippen molar-refractivity contribution in [2.24, 2.45) is 28.6 Å². The highest BCUT2D eigenvalue weighted by Crippen LogP contribution is 2.72. The van der Waals surface area contributed by atoms with Gasteiger partial charge in [0.1, 0.15) is 5.67 Å². The smallest absolute Gasteiger partial charge is 0.336 e. The minimum absolute atomic E-state index is 0.124. The van der Waals surface area contributed by atoms with Gasteiger partial charge in [0.15, 0.2) is 17.1 Å². The molecule has 4 aliphatic carbocycles. The van der Waals surface area contributed by atoms with Crippen molar-refractivity contribution in [3.63, 3.8) is 0 Å². The number of alkyl halides is 2. The third-order valence-electron chi connectivity index (χ3n) is 8.91. The molecule has 8 heteroatoms. The fraction of sp³-hybridized carbons (Fsp3) is 0.727. The van der Waals surface area contributed by atoms with E-state index in [2.05, 4.69) is 0 Å². The Balaban J connectivity index is 1.94. The monoisotopic (exact) mass is 428 g/mol. The van der Waals surface area contributed by atoms with Crippen molar-refractivity contribution in [3.8, 4) is 0 Å². The summed E-state index contributed by atoms with van der Waals surface area (Å²) >= 11 is 0. The van der Waals surface area contributed by atoms with E-state index in [-0.39, 0.29) is 18.4 Å². The van der Waals surface area contributed by atoms with Gasteiger partial charge < -0.3 is 15.3 Å². The molecular weight excluding hydrogens is 401 g/mol. The van der Waals surface area contributed by atoms with E-state index in [1.54, 1.807) is 6.92 Å². The Kier molecular flexibility index (Phi) is 4.14. The lowest BCUT2D eigenvalue weighted by molar-refractivity contribution is -0.234. The van der Waals surface area contributed by atoms with Crippen LogP contribution in [0.3, 0.4) is 0 Å². The molecule has 0 aromatic rings. The first-order chi connectivity index (χ1) is 13.6. The molecule has 0 aromatic carbocycles. The summed E-state index contributed by atoms with van der Waals surface area (Å²) in [7, 11) is 0. The first-order valence-electron chi connectivity index (χ1n) is 10.2. The molecule has 3 fully saturated rings. The Morgan fingerprint density at radius 1 is 1.17 bits per heavy atom. The molecule has 0 heterocycles. The number of ketones is 1. The van der Waals surface area contributed by atoms with Crippen LogP contribution in [-0.2, 0) is 9.59 Å². The Labute approximate surface area is 172 Å². The van der Waals surface area contributed by atoms with Crippen LogP contribution in [0, 0.1) is 28.6 Å². The third-order valence-corrected chi connectivity index (χ3v) is 8.91. The van der Waals surface area contributed by atoms with Crippen molar-refractivity contribution >= 4 is 11.8 Å². The predicted molar refractivity (Wildman–Crippen MR) is 100 cm³/mol. The van der Waals surface area contributed by atoms with Crippen LogP contribution >= 0.6 is 0 Å². The SMILES string of the molecule is C[C@@H]1C[C@H]2[C@@H]3C[C@@](C)(F)C4=CC(=O)C(F)=C[C@]4(C)[C@@]3(F)[C@@H](O)C[C@]2(C)[C@@]1(O)C(=O)O. The van der Waals surface area contributed by atoms with Gasteiger partial charge in [-0.25, -0.2) is 18.0 Å². The van der Waals surface area contributed by atoms with E-state index in [0.29, 0.717) is 0 Å². The van der Waals surface area contributed by atoms with Gasteiger partial charge in [-0.2, -0.15) is 0 Å². The zero-order valence-electron chi connectivity index (χ0n) is 17.4. The molecule has 0 unspecified atom stereocenters. The fourth-order valence-corrected chi connectivity index (χ4v) is 7.42. The third kappa shape index (κ3) is 2.12. The van der Waals surface area contributed by atoms with E-state index < -0.39 is 75.6 Å². The molecule has 9 atom stereocenters. The number of carboxylic acids is 1. The highest BCUT2D eigenvalue weighted by atomic mass is 19.2. The van der Waals surface area contributed by atoms with Crippen LogP contribution in [-0.4, -0.2) is 50.1 Å². The average Bonchev–Trinajstić information content (AvgIpc) is 2.82. The van der Waals surface area contributed by atoms with Crippen LogP contribution in [0.1, 0.15) is 47.0 Å². The number of carbonyl (C=O) groups excluding carboxylic acids is 1. The van der Waals surface area contributed by atoms with E-state index >= 15 is 8.78 Å². The molecule has 30 heavy (non-hydrogen) atoms. The van der Waals surface area contributed by atoms with Crippen LogP contribution < -0.4 is 0 Å². The Morgan fingerprint density at radius 3 is 2.33 bits per heavy atom. The minimum Gasteiger partial charge on any atom is -0.479 e. The molecule has 3 saturated carbocycles. The number of allylic oxidation sites excluding steroid dienone is 4. The summed E-state index contributed by atoms with van der Waals surface area (Å²) in [6, 6.07) is 0. The highest BCUT2D eigenvalue weighted by molar-refractivity contribution is 6.04. The van der Waals surface area contributed by atoms with Crippen molar-refractivity contribution in [1.29, 1.82) is 0 Å². The van der Waals surface area contributed by atoms with Crippen molar-refractivity contribution in [2.45, 2.75) is 70.0 Å². The summed E-state index contributed by atoms with van der Waals surface area (Å²) in [5.41, 5.74) is -10.5. The van der Waals surface area contributed by atoms with E-state index in [1.807, 2.05) is 0 Å². The normalized spacial score (nSPS) is 55.2. The zero-order chi connectivity index (χ0) is 22.7. The standard InChI is InChI=1S/C22H27F3O5/c1-10-5-11-12-7-20(4,24)15-6-14(26)13(23)8-19(15,3)21(12,25)16(27)9-18(11,2)22(10,30)17(28)29/h6,8,10-12,16,27,30H,5,7,9H2,1-4H3,(H,28,29)/t10-,11+,12+,16+,18+,19+,20-,21+,22+/m1/s1. The number of halogens is 3. The first kappa shape index (κ1) is 21.6. The number of aliphatic hydroxyl groups is 2. The lowest BCUT2D eigenvalue weighted by Crippen LogP contribution is -2.71. The molecule has 4 aliphatic rings. The fourth-order valence-electron chi connectivity index (χ4n) is 7.42. The maximum absolute atomic E-state index is 17.0. The lowest BCUT2D eigenvalue weighted by Gasteiger charge is -2.64. The number of hydrogen-bond acceptors (Lipinski definition) is 4. The number of aliphatic carboxylic acids is 1. The maximum atomic E-state index is 17.0. The summed E-state index contributed by atoms with van der Waals surface area (Å²) in [5, 5.41) is 32.0. The molecule has 0 radical (unpaired) electrons. The van der Waals surface area contributed by atoms with Gasteiger partial charge in [0.05, 0.1) is 11.5 Å². The van der Waals surface area contributed by atoms with Crippen LogP contribution in [0.4, 0.5) is 13.2 Å². The molecule has 166 valence electrons. The van der Waals surface area contributed by atoms with Crippen molar-refractivity contribution < 1.29 is 38.1 Å². The Bertz CT molecular complexity index is 912. The van der Waals surface area contributed by atoms with Crippen molar-refractivity contribution in [1.82, 2.24) is 0 Å². The van der Waals surface area contributed by atoms with Gasteiger partial charge in [-0.05, 0) is 62.7 Å². The summed E-state index contributed by atoms with van der Waals surface area (Å²) in [5.74, 6) is -6.41. The molecule has 0 amide bonds. The van der Waals surface area contributed by atoms with Gasteiger partial charge in [0.2, 0.25) is 5.78 Å². The van der Waals surface area contributed by atoms with Gasteiger partial charge in [0.25, 0.3) is 0 Å².